The lowest BCUT2D eigenvalue weighted by Crippen LogP contribution is -2.47. The van der Waals surface area contributed by atoms with E-state index in [0.717, 1.165) is 23.2 Å². The fourth-order valence-corrected chi connectivity index (χ4v) is 4.81. The molecule has 0 spiro atoms. The molecule has 2 aromatic rings. The predicted molar refractivity (Wildman–Crippen MR) is 133 cm³/mol. The van der Waals surface area contributed by atoms with Crippen LogP contribution in [0.5, 0.6) is 0 Å². The number of carbonyl (C=O) groups excluding carboxylic acids is 2. The van der Waals surface area contributed by atoms with Gasteiger partial charge >= 0.3 is 6.18 Å². The summed E-state index contributed by atoms with van der Waals surface area (Å²) in [7, 11) is 0. The van der Waals surface area contributed by atoms with Crippen molar-refractivity contribution in [2.75, 3.05) is 11.9 Å². The molecule has 0 bridgehead atoms. The summed E-state index contributed by atoms with van der Waals surface area (Å²) in [5, 5.41) is 14.9. The van der Waals surface area contributed by atoms with Crippen molar-refractivity contribution < 1.29 is 36.6 Å². The van der Waals surface area contributed by atoms with Crippen LogP contribution in [0.1, 0.15) is 66.9 Å². The number of likely N-dealkylation sites (tertiary alicyclic amines) is 1. The first kappa shape index (κ1) is 29.7. The van der Waals surface area contributed by atoms with Crippen molar-refractivity contribution in [1.29, 1.82) is 0 Å². The van der Waals surface area contributed by atoms with Crippen LogP contribution in [-0.4, -0.2) is 74.2 Å². The molecule has 0 unspecified atom stereocenters. The van der Waals surface area contributed by atoms with E-state index in [1.165, 1.54) is 33.0 Å². The number of hydrogen-bond acceptors (Lipinski definition) is 7. The van der Waals surface area contributed by atoms with E-state index >= 15 is 0 Å². The van der Waals surface area contributed by atoms with Gasteiger partial charge in [0.25, 0.3) is 17.7 Å². The average Bonchev–Trinajstić information content (AvgIpc) is 3.32. The van der Waals surface area contributed by atoms with E-state index in [4.69, 9.17) is 0 Å². The summed E-state index contributed by atoms with van der Waals surface area (Å²) in [6.45, 7) is 7.77. The molecule has 0 aromatic carbocycles. The zero-order chi connectivity index (χ0) is 28.8. The molecule has 1 saturated heterocycles. The number of nitrogens with zero attached hydrogens (tertiary/aromatic N) is 3. The van der Waals surface area contributed by atoms with E-state index in [-0.39, 0.29) is 21.4 Å². The topological polar surface area (TPSA) is 107 Å². The molecule has 1 fully saturated rings. The van der Waals surface area contributed by atoms with Crippen molar-refractivity contribution in [2.45, 2.75) is 83.8 Å². The standard InChI is InChI=1S/C24H30F5N5O3S/c1-11-7-16(31-14(4)24(27,28)29)30-9-15(11)18-17(21(36)34-10-23(25,26)8-12(34)2)33-20(38-18)19(35)32-13(3)22(5,6)37/h7,9,12-14,37H,8,10H2,1-6H3,(H,30,31)(H,32,35)/t12-,13-,14-/m0/s1. The van der Waals surface area contributed by atoms with Crippen LogP contribution in [0.4, 0.5) is 27.8 Å². The third-order valence-electron chi connectivity index (χ3n) is 6.43. The van der Waals surface area contributed by atoms with E-state index in [2.05, 4.69) is 20.6 Å². The quantitative estimate of drug-likeness (QED) is 0.424. The molecule has 0 aliphatic carbocycles. The molecule has 3 atom stereocenters. The molecule has 1 aliphatic heterocycles. The Morgan fingerprint density at radius 2 is 1.87 bits per heavy atom. The second-order valence-electron chi connectivity index (χ2n) is 10.2. The van der Waals surface area contributed by atoms with Gasteiger partial charge in [-0.1, -0.05) is 0 Å². The molecule has 2 aromatic heterocycles. The second-order valence-corrected chi connectivity index (χ2v) is 11.2. The maximum absolute atomic E-state index is 14.0. The van der Waals surface area contributed by atoms with E-state index < -0.39 is 60.6 Å². The molecule has 210 valence electrons. The minimum atomic E-state index is -4.50. The Morgan fingerprint density at radius 3 is 2.37 bits per heavy atom. The molecule has 0 saturated carbocycles. The highest BCUT2D eigenvalue weighted by atomic mass is 32.1. The first-order valence-corrected chi connectivity index (χ1v) is 12.6. The van der Waals surface area contributed by atoms with Gasteiger partial charge in [-0.2, -0.15) is 13.2 Å². The van der Waals surface area contributed by atoms with Gasteiger partial charge in [0.2, 0.25) is 0 Å². The maximum atomic E-state index is 14.0. The van der Waals surface area contributed by atoms with Crippen LogP contribution in [0.2, 0.25) is 0 Å². The zero-order valence-electron chi connectivity index (χ0n) is 21.7. The van der Waals surface area contributed by atoms with Crippen molar-refractivity contribution in [3.8, 4) is 10.4 Å². The molecular formula is C24H30F5N5O3S. The van der Waals surface area contributed by atoms with Crippen LogP contribution in [0.25, 0.3) is 10.4 Å². The van der Waals surface area contributed by atoms with Crippen LogP contribution in [-0.2, 0) is 0 Å². The van der Waals surface area contributed by atoms with Gasteiger partial charge in [-0.3, -0.25) is 9.59 Å². The number of alkyl halides is 5. The van der Waals surface area contributed by atoms with E-state index in [1.807, 2.05) is 0 Å². The summed E-state index contributed by atoms with van der Waals surface area (Å²) in [5.74, 6) is -4.62. The first-order valence-electron chi connectivity index (χ1n) is 11.8. The summed E-state index contributed by atoms with van der Waals surface area (Å²) in [6.07, 6.45) is -3.77. The van der Waals surface area contributed by atoms with Crippen molar-refractivity contribution in [2.24, 2.45) is 0 Å². The van der Waals surface area contributed by atoms with E-state index in [9.17, 15) is 36.6 Å². The van der Waals surface area contributed by atoms with Crippen LogP contribution < -0.4 is 10.6 Å². The Morgan fingerprint density at radius 1 is 1.24 bits per heavy atom. The van der Waals surface area contributed by atoms with Gasteiger partial charge < -0.3 is 20.6 Å². The highest BCUT2D eigenvalue weighted by molar-refractivity contribution is 7.17. The fraction of sp³-hybridized carbons (Fsp3) is 0.583. The first-order chi connectivity index (χ1) is 17.3. The van der Waals surface area contributed by atoms with Gasteiger partial charge in [-0.15, -0.1) is 11.3 Å². The lowest BCUT2D eigenvalue weighted by atomic mass is 10.0. The third-order valence-corrected chi connectivity index (χ3v) is 7.52. The average molecular weight is 564 g/mol. The number of aliphatic hydroxyl groups is 1. The van der Waals surface area contributed by atoms with Crippen molar-refractivity contribution in [3.63, 3.8) is 0 Å². The Labute approximate surface area is 220 Å². The van der Waals surface area contributed by atoms with Gasteiger partial charge in [-0.25, -0.2) is 18.7 Å². The van der Waals surface area contributed by atoms with E-state index in [1.54, 1.807) is 13.8 Å². The minimum Gasteiger partial charge on any atom is -0.388 e. The number of halogens is 5. The molecule has 3 rings (SSSR count). The number of amides is 2. The second kappa shape index (κ2) is 10.4. The lowest BCUT2D eigenvalue weighted by molar-refractivity contribution is -0.138. The van der Waals surface area contributed by atoms with Crippen LogP contribution in [0.15, 0.2) is 12.3 Å². The summed E-state index contributed by atoms with van der Waals surface area (Å²) < 4.78 is 66.9. The summed E-state index contributed by atoms with van der Waals surface area (Å²) >= 11 is 0.820. The van der Waals surface area contributed by atoms with Crippen LogP contribution >= 0.6 is 11.3 Å². The summed E-state index contributed by atoms with van der Waals surface area (Å²) in [4.78, 5) is 35.7. The molecule has 3 heterocycles. The summed E-state index contributed by atoms with van der Waals surface area (Å²) in [6, 6.07) is -1.99. The van der Waals surface area contributed by atoms with Gasteiger partial charge in [0.05, 0.1) is 23.1 Å². The number of aromatic nitrogens is 2. The van der Waals surface area contributed by atoms with Crippen LogP contribution in [0, 0.1) is 6.92 Å². The van der Waals surface area contributed by atoms with Crippen molar-refractivity contribution in [3.05, 3.63) is 28.5 Å². The molecular weight excluding hydrogens is 533 g/mol. The summed E-state index contributed by atoms with van der Waals surface area (Å²) in [5.41, 5.74) is -0.771. The predicted octanol–water partition coefficient (Wildman–Crippen LogP) is 4.64. The molecule has 38 heavy (non-hydrogen) atoms. The molecule has 2 amide bonds. The van der Waals surface area contributed by atoms with Gasteiger partial charge in [0.15, 0.2) is 5.01 Å². The van der Waals surface area contributed by atoms with Gasteiger partial charge in [-0.05, 0) is 53.2 Å². The van der Waals surface area contributed by atoms with Crippen LogP contribution in [0.3, 0.4) is 0 Å². The number of anilines is 1. The lowest BCUT2D eigenvalue weighted by Gasteiger charge is -2.26. The Hall–Kier alpha value is -2.87. The molecule has 14 heteroatoms. The number of hydrogen-bond donors (Lipinski definition) is 3. The largest absolute Gasteiger partial charge is 0.408 e. The highest BCUT2D eigenvalue weighted by Gasteiger charge is 2.46. The smallest absolute Gasteiger partial charge is 0.388 e. The Bertz CT molecular complexity index is 1210. The third kappa shape index (κ3) is 6.57. The normalized spacial score (nSPS) is 19.3. The molecule has 8 nitrogen and oxygen atoms in total. The van der Waals surface area contributed by atoms with Gasteiger partial charge in [0, 0.05) is 24.2 Å². The zero-order valence-corrected chi connectivity index (χ0v) is 22.5. The fourth-order valence-electron chi connectivity index (χ4n) is 3.78. The monoisotopic (exact) mass is 563 g/mol. The molecule has 3 N–H and O–H groups in total. The maximum Gasteiger partial charge on any atom is 0.408 e. The molecule has 1 aliphatic rings. The SMILES string of the molecule is Cc1cc(N[C@@H](C)C(F)(F)F)ncc1-c1sc(C(=O)N[C@@H](C)C(C)(C)O)nc1C(=O)N1CC(F)(F)C[C@@H]1C. The van der Waals surface area contributed by atoms with Crippen molar-refractivity contribution >= 4 is 29.0 Å². The number of thiazole rings is 1. The Kier molecular flexibility index (Phi) is 8.09. The highest BCUT2D eigenvalue weighted by Crippen LogP contribution is 2.38. The number of rotatable bonds is 7. The minimum absolute atomic E-state index is 0.0572. The molecule has 0 radical (unpaired) electrons. The van der Waals surface area contributed by atoms with E-state index in [0.29, 0.717) is 11.1 Å². The van der Waals surface area contributed by atoms with Crippen molar-refractivity contribution in [1.82, 2.24) is 20.2 Å². The Balaban J connectivity index is 2.03. The number of pyridine rings is 1. The number of nitrogens with one attached hydrogen (secondary N) is 2. The van der Waals surface area contributed by atoms with Gasteiger partial charge in [0.1, 0.15) is 17.6 Å². The number of carbonyl (C=O) groups is 2. The number of aryl methyl sites for hydroxylation is 1.